The predicted molar refractivity (Wildman–Crippen MR) is 80.7 cm³/mol. The van der Waals surface area contributed by atoms with E-state index in [2.05, 4.69) is 10.3 Å². The van der Waals surface area contributed by atoms with E-state index in [0.29, 0.717) is 19.8 Å². The molecule has 0 aliphatic carbocycles. The number of amides is 1. The Morgan fingerprint density at radius 3 is 3.00 bits per heavy atom. The third-order valence-electron chi connectivity index (χ3n) is 3.87. The SMILES string of the molecule is NC1COCC1C(=O)NCCc1cccc2cccnc12. The Balaban J connectivity index is 1.61. The highest BCUT2D eigenvalue weighted by atomic mass is 16.5. The van der Waals surface area contributed by atoms with Gasteiger partial charge in [0, 0.05) is 24.2 Å². The first-order valence-corrected chi connectivity index (χ1v) is 7.19. The molecule has 0 bridgehead atoms. The Hall–Kier alpha value is -1.98. The third-order valence-corrected chi connectivity index (χ3v) is 3.87. The van der Waals surface area contributed by atoms with E-state index in [1.54, 1.807) is 6.20 Å². The van der Waals surface area contributed by atoms with Gasteiger partial charge >= 0.3 is 0 Å². The summed E-state index contributed by atoms with van der Waals surface area (Å²) in [4.78, 5) is 16.4. The van der Waals surface area contributed by atoms with Crippen LogP contribution < -0.4 is 11.1 Å². The fourth-order valence-electron chi connectivity index (χ4n) is 2.66. The van der Waals surface area contributed by atoms with Gasteiger partial charge in [-0.1, -0.05) is 24.3 Å². The molecule has 0 radical (unpaired) electrons. The van der Waals surface area contributed by atoms with E-state index in [-0.39, 0.29) is 17.9 Å². The number of nitrogens with zero attached hydrogens (tertiary/aromatic N) is 1. The summed E-state index contributed by atoms with van der Waals surface area (Å²) in [6.07, 6.45) is 2.54. The molecule has 1 saturated heterocycles. The number of hydrogen-bond acceptors (Lipinski definition) is 4. The second-order valence-corrected chi connectivity index (χ2v) is 5.34. The summed E-state index contributed by atoms with van der Waals surface area (Å²) in [5.74, 6) is -0.246. The van der Waals surface area contributed by atoms with Gasteiger partial charge in [0.25, 0.3) is 0 Å². The minimum atomic E-state index is -0.226. The lowest BCUT2D eigenvalue weighted by Crippen LogP contribution is -2.41. The fourth-order valence-corrected chi connectivity index (χ4v) is 2.66. The Morgan fingerprint density at radius 2 is 2.19 bits per heavy atom. The predicted octanol–water partition coefficient (Wildman–Crippen LogP) is 0.867. The molecule has 1 aliphatic heterocycles. The molecule has 5 heteroatoms. The van der Waals surface area contributed by atoms with E-state index in [0.717, 1.165) is 22.9 Å². The number of hydrogen-bond donors (Lipinski definition) is 2. The van der Waals surface area contributed by atoms with Crippen LogP contribution in [0.25, 0.3) is 10.9 Å². The summed E-state index contributed by atoms with van der Waals surface area (Å²) in [6.45, 7) is 1.46. The first-order valence-electron chi connectivity index (χ1n) is 7.19. The summed E-state index contributed by atoms with van der Waals surface area (Å²) in [5.41, 5.74) is 7.98. The second kappa shape index (κ2) is 6.20. The third kappa shape index (κ3) is 3.04. The topological polar surface area (TPSA) is 77.2 Å². The van der Waals surface area contributed by atoms with E-state index in [1.807, 2.05) is 30.3 Å². The Labute approximate surface area is 123 Å². The Morgan fingerprint density at radius 1 is 1.33 bits per heavy atom. The molecule has 2 heterocycles. The van der Waals surface area contributed by atoms with Gasteiger partial charge in [0.1, 0.15) is 0 Å². The zero-order chi connectivity index (χ0) is 14.7. The molecule has 0 saturated carbocycles. The molecule has 3 rings (SSSR count). The molecule has 2 unspecified atom stereocenters. The van der Waals surface area contributed by atoms with Crippen LogP contribution in [-0.4, -0.2) is 36.7 Å². The van der Waals surface area contributed by atoms with Crippen molar-refractivity contribution >= 4 is 16.8 Å². The number of ether oxygens (including phenoxy) is 1. The van der Waals surface area contributed by atoms with Crippen LogP contribution >= 0.6 is 0 Å². The summed E-state index contributed by atoms with van der Waals surface area (Å²) < 4.78 is 5.22. The van der Waals surface area contributed by atoms with Gasteiger partial charge in [-0.2, -0.15) is 0 Å². The maximum atomic E-state index is 12.0. The molecule has 1 aromatic carbocycles. The first-order chi connectivity index (χ1) is 10.3. The van der Waals surface area contributed by atoms with Crippen molar-refractivity contribution in [2.75, 3.05) is 19.8 Å². The molecule has 1 aromatic heterocycles. The van der Waals surface area contributed by atoms with Crippen molar-refractivity contribution in [3.8, 4) is 0 Å². The van der Waals surface area contributed by atoms with Gasteiger partial charge in [-0.05, 0) is 18.1 Å². The van der Waals surface area contributed by atoms with Crippen LogP contribution in [0.4, 0.5) is 0 Å². The smallest absolute Gasteiger partial charge is 0.227 e. The van der Waals surface area contributed by atoms with Crippen LogP contribution in [0, 0.1) is 5.92 Å². The number of pyridine rings is 1. The Bertz CT molecular complexity index is 639. The molecule has 1 fully saturated rings. The second-order valence-electron chi connectivity index (χ2n) is 5.34. The van der Waals surface area contributed by atoms with Gasteiger partial charge in [-0.3, -0.25) is 9.78 Å². The molecule has 3 N–H and O–H groups in total. The molecule has 2 aromatic rings. The fraction of sp³-hybridized carbons (Fsp3) is 0.375. The molecule has 110 valence electrons. The minimum absolute atomic E-state index is 0.0202. The van der Waals surface area contributed by atoms with Crippen molar-refractivity contribution in [2.45, 2.75) is 12.5 Å². The minimum Gasteiger partial charge on any atom is -0.379 e. The van der Waals surface area contributed by atoms with Crippen molar-refractivity contribution in [3.05, 3.63) is 42.1 Å². The molecule has 5 nitrogen and oxygen atoms in total. The van der Waals surface area contributed by atoms with Gasteiger partial charge in [-0.15, -0.1) is 0 Å². The molecule has 2 atom stereocenters. The summed E-state index contributed by atoms with van der Waals surface area (Å²) in [6, 6.07) is 9.88. The van der Waals surface area contributed by atoms with Crippen LogP contribution in [0.1, 0.15) is 5.56 Å². The van der Waals surface area contributed by atoms with Crippen LogP contribution in [-0.2, 0) is 16.0 Å². The average Bonchev–Trinajstić information content (AvgIpc) is 2.93. The number of rotatable bonds is 4. The first kappa shape index (κ1) is 14.0. The number of para-hydroxylation sites is 1. The molecular formula is C16H19N3O2. The number of carbonyl (C=O) groups is 1. The summed E-state index contributed by atoms with van der Waals surface area (Å²) in [7, 11) is 0. The van der Waals surface area contributed by atoms with E-state index in [4.69, 9.17) is 10.5 Å². The lowest BCUT2D eigenvalue weighted by atomic mass is 10.0. The maximum absolute atomic E-state index is 12.0. The number of nitrogens with two attached hydrogens (primary N) is 1. The largest absolute Gasteiger partial charge is 0.379 e. The van der Waals surface area contributed by atoms with Gasteiger partial charge in [-0.25, -0.2) is 0 Å². The zero-order valence-electron chi connectivity index (χ0n) is 11.8. The van der Waals surface area contributed by atoms with Gasteiger partial charge in [0.2, 0.25) is 5.91 Å². The van der Waals surface area contributed by atoms with Crippen LogP contribution in [0.3, 0.4) is 0 Å². The summed E-state index contributed by atoms with van der Waals surface area (Å²) in [5, 5.41) is 4.06. The quantitative estimate of drug-likeness (QED) is 0.873. The zero-order valence-corrected chi connectivity index (χ0v) is 11.8. The average molecular weight is 285 g/mol. The number of carbonyl (C=O) groups excluding carboxylic acids is 1. The van der Waals surface area contributed by atoms with E-state index in [1.165, 1.54) is 0 Å². The monoisotopic (exact) mass is 285 g/mol. The van der Waals surface area contributed by atoms with Crippen LogP contribution in [0.5, 0.6) is 0 Å². The maximum Gasteiger partial charge on any atom is 0.227 e. The summed E-state index contributed by atoms with van der Waals surface area (Å²) >= 11 is 0. The van der Waals surface area contributed by atoms with Gasteiger partial charge < -0.3 is 15.8 Å². The van der Waals surface area contributed by atoms with Gasteiger partial charge in [0.15, 0.2) is 0 Å². The number of benzene rings is 1. The number of aromatic nitrogens is 1. The van der Waals surface area contributed by atoms with Crippen molar-refractivity contribution < 1.29 is 9.53 Å². The highest BCUT2D eigenvalue weighted by molar-refractivity contribution is 5.82. The standard InChI is InChI=1S/C16H19N3O2/c17-14-10-21-9-13(14)16(20)19-8-6-12-4-1-3-11-5-2-7-18-15(11)12/h1-5,7,13-14H,6,8-10,17H2,(H,19,20). The molecule has 1 aliphatic rings. The molecule has 0 spiro atoms. The lowest BCUT2D eigenvalue weighted by molar-refractivity contribution is -0.125. The van der Waals surface area contributed by atoms with Crippen molar-refractivity contribution in [2.24, 2.45) is 11.7 Å². The highest BCUT2D eigenvalue weighted by Gasteiger charge is 2.30. The molecular weight excluding hydrogens is 266 g/mol. The highest BCUT2D eigenvalue weighted by Crippen LogP contribution is 2.16. The molecule has 1 amide bonds. The number of nitrogens with one attached hydrogen (secondary N) is 1. The van der Waals surface area contributed by atoms with Gasteiger partial charge in [0.05, 0.1) is 24.6 Å². The van der Waals surface area contributed by atoms with Crippen LogP contribution in [0.15, 0.2) is 36.5 Å². The van der Waals surface area contributed by atoms with Crippen molar-refractivity contribution in [1.29, 1.82) is 0 Å². The van der Waals surface area contributed by atoms with Crippen molar-refractivity contribution in [1.82, 2.24) is 10.3 Å². The van der Waals surface area contributed by atoms with Crippen molar-refractivity contribution in [3.63, 3.8) is 0 Å². The lowest BCUT2D eigenvalue weighted by Gasteiger charge is -2.13. The number of fused-ring (bicyclic) bond motifs is 1. The Kier molecular flexibility index (Phi) is 4.13. The van der Waals surface area contributed by atoms with E-state index >= 15 is 0 Å². The van der Waals surface area contributed by atoms with E-state index in [9.17, 15) is 4.79 Å². The normalized spacial score (nSPS) is 21.6. The van der Waals surface area contributed by atoms with E-state index < -0.39 is 0 Å². The molecule has 21 heavy (non-hydrogen) atoms. The van der Waals surface area contributed by atoms with Crippen LogP contribution in [0.2, 0.25) is 0 Å².